The second kappa shape index (κ2) is 9.94. The third kappa shape index (κ3) is 5.44. The van der Waals surface area contributed by atoms with Crippen LogP contribution in [0.2, 0.25) is 5.02 Å². The van der Waals surface area contributed by atoms with Crippen molar-refractivity contribution in [3.05, 3.63) is 40.0 Å². The number of anilines is 3. The third-order valence-corrected chi connectivity index (χ3v) is 6.65. The second-order valence-electron chi connectivity index (χ2n) is 9.15. The van der Waals surface area contributed by atoms with Gasteiger partial charge in [0.25, 0.3) is 0 Å². The Morgan fingerprint density at radius 1 is 1.06 bits per heavy atom. The highest BCUT2D eigenvalue weighted by molar-refractivity contribution is 6.30. The number of hydrogen-bond donors (Lipinski definition) is 3. The minimum Gasteiger partial charge on any atom is -0.362 e. The van der Waals surface area contributed by atoms with Gasteiger partial charge in [0, 0.05) is 42.5 Å². The van der Waals surface area contributed by atoms with E-state index in [4.69, 9.17) is 21.6 Å². The molecule has 2 aromatic rings. The fourth-order valence-electron chi connectivity index (χ4n) is 4.68. The first kappa shape index (κ1) is 22.6. The lowest BCUT2D eigenvalue weighted by molar-refractivity contribution is 0.243. The normalized spacial score (nSPS) is 20.2. The van der Waals surface area contributed by atoms with Crippen LogP contribution in [-0.4, -0.2) is 42.2 Å². The summed E-state index contributed by atoms with van der Waals surface area (Å²) < 4.78 is 0. The smallest absolute Gasteiger partial charge is 0.319 e. The van der Waals surface area contributed by atoms with Crippen LogP contribution in [0.3, 0.4) is 0 Å². The highest BCUT2D eigenvalue weighted by atomic mass is 35.5. The summed E-state index contributed by atoms with van der Waals surface area (Å²) in [5.74, 6) is 1.78. The minimum atomic E-state index is -0.166. The molecule has 0 aliphatic heterocycles. The highest BCUT2D eigenvalue weighted by Gasteiger charge is 2.25. The number of amides is 2. The van der Waals surface area contributed by atoms with Crippen LogP contribution in [0.1, 0.15) is 55.3 Å². The molecule has 0 spiro atoms. The Bertz CT molecular complexity index is 971. The van der Waals surface area contributed by atoms with Crippen molar-refractivity contribution in [2.24, 2.45) is 0 Å². The maximum absolute atomic E-state index is 12.4. The van der Waals surface area contributed by atoms with Crippen molar-refractivity contribution in [2.45, 2.75) is 70.4 Å². The average molecular weight is 457 g/mol. The molecule has 32 heavy (non-hydrogen) atoms. The number of urea groups is 1. The summed E-state index contributed by atoms with van der Waals surface area (Å²) in [6.07, 6.45) is 8.32. The molecule has 0 radical (unpaired) electrons. The Hall–Kier alpha value is -2.54. The number of aryl methyl sites for hydroxylation is 2. The van der Waals surface area contributed by atoms with Crippen LogP contribution in [-0.2, 0) is 12.8 Å². The van der Waals surface area contributed by atoms with Crippen molar-refractivity contribution >= 4 is 35.1 Å². The molecule has 0 atom stereocenters. The zero-order valence-electron chi connectivity index (χ0n) is 19.2. The van der Waals surface area contributed by atoms with Crippen LogP contribution in [0.15, 0.2) is 18.2 Å². The molecular weight excluding hydrogens is 424 g/mol. The van der Waals surface area contributed by atoms with Crippen molar-refractivity contribution in [1.29, 1.82) is 0 Å². The molecule has 1 heterocycles. The van der Waals surface area contributed by atoms with Crippen molar-refractivity contribution in [3.63, 3.8) is 0 Å². The first-order chi connectivity index (χ1) is 15.4. The molecule has 0 bridgehead atoms. The Balaban J connectivity index is 1.30. The molecule has 0 saturated heterocycles. The highest BCUT2D eigenvalue weighted by Crippen LogP contribution is 2.29. The van der Waals surface area contributed by atoms with Gasteiger partial charge in [-0.15, -0.1) is 0 Å². The quantitative estimate of drug-likeness (QED) is 0.594. The Kier molecular flexibility index (Phi) is 7.04. The number of carbonyl (C=O) groups excluding carboxylic acids is 1. The van der Waals surface area contributed by atoms with Crippen LogP contribution in [0.25, 0.3) is 0 Å². The number of hydrogen-bond acceptors (Lipinski definition) is 5. The largest absolute Gasteiger partial charge is 0.362 e. The standard InChI is InChI=1S/C24H33ClN6O/c1-15-14-16(25)8-13-20(15)29-24(32)27-18-11-9-17(10-12-18)26-23-28-21-7-5-4-6-19(21)22(30-23)31(2)3/h8,13-14,17-18H,4-7,9-12H2,1-3H3,(H,26,28,30)(H2,27,29,32). The van der Waals surface area contributed by atoms with Gasteiger partial charge in [-0.1, -0.05) is 11.6 Å². The molecule has 4 rings (SSSR count). The Morgan fingerprint density at radius 2 is 1.78 bits per heavy atom. The summed E-state index contributed by atoms with van der Waals surface area (Å²) >= 11 is 5.99. The molecule has 0 unspecified atom stereocenters. The molecule has 1 saturated carbocycles. The molecule has 1 aromatic carbocycles. The van der Waals surface area contributed by atoms with E-state index in [2.05, 4.69) is 34.9 Å². The number of benzene rings is 1. The van der Waals surface area contributed by atoms with E-state index >= 15 is 0 Å². The number of nitrogens with zero attached hydrogens (tertiary/aromatic N) is 3. The summed E-state index contributed by atoms with van der Waals surface area (Å²) in [6.45, 7) is 1.93. The number of fused-ring (bicyclic) bond motifs is 1. The van der Waals surface area contributed by atoms with E-state index < -0.39 is 0 Å². The summed E-state index contributed by atoms with van der Waals surface area (Å²) in [7, 11) is 4.10. The van der Waals surface area contributed by atoms with Crippen LogP contribution in [0.5, 0.6) is 0 Å². The van der Waals surface area contributed by atoms with Gasteiger partial charge >= 0.3 is 6.03 Å². The Morgan fingerprint density at radius 3 is 2.50 bits per heavy atom. The first-order valence-electron chi connectivity index (χ1n) is 11.6. The zero-order valence-corrected chi connectivity index (χ0v) is 19.9. The van der Waals surface area contributed by atoms with Crippen LogP contribution in [0.4, 0.5) is 22.2 Å². The molecule has 2 amide bonds. The molecule has 1 aromatic heterocycles. The predicted octanol–water partition coefficient (Wildman–Crippen LogP) is 4.93. The van der Waals surface area contributed by atoms with Crippen molar-refractivity contribution in [3.8, 4) is 0 Å². The van der Waals surface area contributed by atoms with Crippen molar-refractivity contribution in [1.82, 2.24) is 15.3 Å². The van der Waals surface area contributed by atoms with Gasteiger partial charge in [-0.25, -0.2) is 9.78 Å². The first-order valence-corrected chi connectivity index (χ1v) is 11.9. The van der Waals surface area contributed by atoms with Gasteiger partial charge in [-0.05, 0) is 82.1 Å². The molecule has 172 valence electrons. The Labute approximate surface area is 195 Å². The summed E-state index contributed by atoms with van der Waals surface area (Å²) in [5, 5.41) is 10.3. The van der Waals surface area contributed by atoms with Gasteiger partial charge in [-0.3, -0.25) is 0 Å². The van der Waals surface area contributed by atoms with Gasteiger partial charge in [-0.2, -0.15) is 4.98 Å². The number of halogens is 1. The maximum atomic E-state index is 12.4. The lowest BCUT2D eigenvalue weighted by atomic mass is 9.91. The van der Waals surface area contributed by atoms with E-state index in [1.54, 1.807) is 6.07 Å². The number of rotatable bonds is 5. The van der Waals surface area contributed by atoms with Gasteiger partial charge in [0.05, 0.1) is 5.69 Å². The summed E-state index contributed by atoms with van der Waals surface area (Å²) in [5.41, 5.74) is 4.23. The van der Waals surface area contributed by atoms with E-state index in [9.17, 15) is 4.79 Å². The van der Waals surface area contributed by atoms with E-state index in [0.29, 0.717) is 11.1 Å². The summed E-state index contributed by atoms with van der Waals surface area (Å²) in [4.78, 5) is 24.2. The average Bonchev–Trinajstić information content (AvgIpc) is 2.76. The monoisotopic (exact) mass is 456 g/mol. The van der Waals surface area contributed by atoms with Crippen LogP contribution < -0.4 is 20.9 Å². The topological polar surface area (TPSA) is 82.2 Å². The lowest BCUT2D eigenvalue weighted by Gasteiger charge is -2.30. The fraction of sp³-hybridized carbons (Fsp3) is 0.542. The molecular formula is C24H33ClN6O. The minimum absolute atomic E-state index is 0.166. The van der Waals surface area contributed by atoms with Gasteiger partial charge in [0.15, 0.2) is 0 Å². The number of carbonyl (C=O) groups is 1. The lowest BCUT2D eigenvalue weighted by Crippen LogP contribution is -2.42. The van der Waals surface area contributed by atoms with Crippen molar-refractivity contribution < 1.29 is 4.79 Å². The van der Waals surface area contributed by atoms with Crippen LogP contribution >= 0.6 is 11.6 Å². The predicted molar refractivity (Wildman–Crippen MR) is 131 cm³/mol. The van der Waals surface area contributed by atoms with Gasteiger partial charge in [0.1, 0.15) is 5.82 Å². The molecule has 2 aliphatic carbocycles. The summed E-state index contributed by atoms with van der Waals surface area (Å²) in [6, 6.07) is 5.79. The third-order valence-electron chi connectivity index (χ3n) is 6.42. The molecule has 1 fully saturated rings. The molecule has 2 aliphatic rings. The number of aromatic nitrogens is 2. The number of nitrogens with one attached hydrogen (secondary N) is 3. The second-order valence-corrected chi connectivity index (χ2v) is 9.58. The van der Waals surface area contributed by atoms with Crippen LogP contribution in [0, 0.1) is 6.92 Å². The molecule has 7 nitrogen and oxygen atoms in total. The van der Waals surface area contributed by atoms with E-state index in [-0.39, 0.29) is 12.1 Å². The van der Waals surface area contributed by atoms with Gasteiger partial charge < -0.3 is 20.9 Å². The zero-order chi connectivity index (χ0) is 22.7. The van der Waals surface area contributed by atoms with E-state index in [1.165, 1.54) is 24.1 Å². The SMILES string of the molecule is Cc1cc(Cl)ccc1NC(=O)NC1CCC(Nc2nc3c(c(N(C)C)n2)CCCC3)CC1. The molecule has 3 N–H and O–H groups in total. The van der Waals surface area contributed by atoms with Crippen molar-refractivity contribution in [2.75, 3.05) is 29.6 Å². The van der Waals surface area contributed by atoms with E-state index in [1.807, 2.05) is 19.1 Å². The molecule has 8 heteroatoms. The fourth-order valence-corrected chi connectivity index (χ4v) is 4.91. The van der Waals surface area contributed by atoms with E-state index in [0.717, 1.165) is 61.5 Å². The van der Waals surface area contributed by atoms with Gasteiger partial charge in [0.2, 0.25) is 5.95 Å². The maximum Gasteiger partial charge on any atom is 0.319 e.